The van der Waals surface area contributed by atoms with Gasteiger partial charge in [-0.15, -0.1) is 0 Å². The summed E-state index contributed by atoms with van der Waals surface area (Å²) in [4.78, 5) is 6.61. The number of guanidine groups is 1. The normalized spacial score (nSPS) is 18.4. The Labute approximate surface area is 174 Å². The second kappa shape index (κ2) is 11.4. The minimum Gasteiger partial charge on any atom is -0.491 e. The molecule has 0 spiro atoms. The molecular weight excluding hydrogens is 392 g/mol. The molecule has 3 N–H and O–H groups in total. The third kappa shape index (κ3) is 8.59. The van der Waals surface area contributed by atoms with Gasteiger partial charge in [-0.3, -0.25) is 9.89 Å². The molecule has 2 rings (SSSR count). The van der Waals surface area contributed by atoms with Gasteiger partial charge in [0.25, 0.3) is 0 Å². The first kappa shape index (κ1) is 23.4. The van der Waals surface area contributed by atoms with Crippen molar-refractivity contribution < 1.29 is 18.3 Å². The number of rotatable bonds is 9. The molecule has 1 saturated heterocycles. The molecule has 0 radical (unpaired) electrons. The van der Waals surface area contributed by atoms with Gasteiger partial charge in [-0.2, -0.15) is 0 Å². The summed E-state index contributed by atoms with van der Waals surface area (Å²) >= 11 is 0. The van der Waals surface area contributed by atoms with Gasteiger partial charge in [-0.25, -0.2) is 8.42 Å². The fraction of sp³-hybridized carbons (Fsp3) is 0.650. The molecule has 1 aromatic rings. The van der Waals surface area contributed by atoms with E-state index in [1.54, 1.807) is 0 Å². The number of ether oxygens (including phenoxy) is 1. The first-order chi connectivity index (χ1) is 13.8. The summed E-state index contributed by atoms with van der Waals surface area (Å²) in [5.41, 5.74) is 0.761. The van der Waals surface area contributed by atoms with Crippen molar-refractivity contribution in [3.63, 3.8) is 0 Å². The standard InChI is InChI=1S/C20H34N4O4S/c1-4-21-20(22-8-9-24-10-12-29(26,27)13-11-24)23-15-19(25)17-6-5-7-18(14-17)28-16(2)3/h5-7,14,16,19,25H,4,8-13,15H2,1-3H3,(H2,21,22,23). The number of aliphatic hydroxyl groups excluding tert-OH is 1. The van der Waals surface area contributed by atoms with Gasteiger partial charge in [-0.05, 0) is 38.5 Å². The Morgan fingerprint density at radius 1 is 1.28 bits per heavy atom. The van der Waals surface area contributed by atoms with E-state index in [2.05, 4.69) is 20.5 Å². The fourth-order valence-electron chi connectivity index (χ4n) is 3.00. The van der Waals surface area contributed by atoms with Gasteiger partial charge in [0.05, 0.1) is 30.3 Å². The smallest absolute Gasteiger partial charge is 0.191 e. The van der Waals surface area contributed by atoms with E-state index in [1.165, 1.54) is 0 Å². The number of hydrogen-bond donors (Lipinski definition) is 3. The molecule has 164 valence electrons. The zero-order chi connectivity index (χ0) is 21.3. The Bertz CT molecular complexity index is 753. The van der Waals surface area contributed by atoms with Gasteiger partial charge < -0.3 is 20.5 Å². The van der Waals surface area contributed by atoms with Crippen molar-refractivity contribution in [1.29, 1.82) is 0 Å². The Hall–Kier alpha value is -1.84. The highest BCUT2D eigenvalue weighted by Gasteiger charge is 2.21. The van der Waals surface area contributed by atoms with Crippen LogP contribution in [0.15, 0.2) is 29.3 Å². The maximum absolute atomic E-state index is 11.5. The average molecular weight is 427 g/mol. The van der Waals surface area contributed by atoms with Crippen molar-refractivity contribution in [3.05, 3.63) is 29.8 Å². The molecule has 1 heterocycles. The lowest BCUT2D eigenvalue weighted by Gasteiger charge is -2.26. The molecule has 0 amide bonds. The van der Waals surface area contributed by atoms with E-state index in [0.717, 1.165) is 17.9 Å². The molecule has 8 nitrogen and oxygen atoms in total. The molecule has 1 aliphatic heterocycles. The molecule has 0 aromatic heterocycles. The number of aliphatic hydroxyl groups is 1. The van der Waals surface area contributed by atoms with E-state index in [1.807, 2.05) is 45.0 Å². The van der Waals surface area contributed by atoms with Crippen molar-refractivity contribution >= 4 is 15.8 Å². The maximum atomic E-state index is 11.5. The van der Waals surface area contributed by atoms with Gasteiger partial charge >= 0.3 is 0 Å². The van der Waals surface area contributed by atoms with E-state index in [0.29, 0.717) is 32.1 Å². The summed E-state index contributed by atoms with van der Waals surface area (Å²) in [5.74, 6) is 1.82. The molecule has 0 aliphatic carbocycles. The van der Waals surface area contributed by atoms with Crippen LogP contribution in [0.4, 0.5) is 0 Å². The molecule has 1 unspecified atom stereocenters. The minimum atomic E-state index is -2.86. The largest absolute Gasteiger partial charge is 0.491 e. The second-order valence-corrected chi connectivity index (χ2v) is 9.70. The predicted octanol–water partition coefficient (Wildman–Crippen LogP) is 0.793. The molecule has 0 bridgehead atoms. The molecule has 9 heteroatoms. The Balaban J connectivity index is 1.84. The predicted molar refractivity (Wildman–Crippen MR) is 116 cm³/mol. The molecular formula is C20H34N4O4S. The average Bonchev–Trinajstić information content (AvgIpc) is 2.67. The Kier molecular flexibility index (Phi) is 9.19. The van der Waals surface area contributed by atoms with Crippen LogP contribution in [0.25, 0.3) is 0 Å². The van der Waals surface area contributed by atoms with Crippen LogP contribution in [0.1, 0.15) is 32.4 Å². The first-order valence-electron chi connectivity index (χ1n) is 10.2. The van der Waals surface area contributed by atoms with Crippen LogP contribution in [0.5, 0.6) is 5.75 Å². The van der Waals surface area contributed by atoms with Gasteiger partial charge in [0, 0.05) is 32.7 Å². The number of benzene rings is 1. The van der Waals surface area contributed by atoms with Crippen LogP contribution in [0.2, 0.25) is 0 Å². The van der Waals surface area contributed by atoms with Crippen molar-refractivity contribution in [3.8, 4) is 5.75 Å². The fourth-order valence-corrected chi connectivity index (χ4v) is 4.28. The number of hydrogen-bond acceptors (Lipinski definition) is 6. The maximum Gasteiger partial charge on any atom is 0.191 e. The SMILES string of the molecule is CCNC(=NCC(O)c1cccc(OC(C)C)c1)NCCN1CCS(=O)(=O)CC1. The van der Waals surface area contributed by atoms with Crippen LogP contribution in [0, 0.1) is 0 Å². The zero-order valence-corrected chi connectivity index (χ0v) is 18.4. The van der Waals surface area contributed by atoms with Gasteiger partial charge in [-0.1, -0.05) is 12.1 Å². The first-order valence-corrected chi connectivity index (χ1v) is 12.0. The van der Waals surface area contributed by atoms with Crippen molar-refractivity contribution in [2.24, 2.45) is 4.99 Å². The number of nitrogens with zero attached hydrogens (tertiary/aromatic N) is 2. The summed E-state index contributed by atoms with van der Waals surface area (Å²) in [7, 11) is -2.86. The van der Waals surface area contributed by atoms with Crippen molar-refractivity contribution in [2.75, 3.05) is 50.8 Å². The zero-order valence-electron chi connectivity index (χ0n) is 17.6. The topological polar surface area (TPSA) is 103 Å². The van der Waals surface area contributed by atoms with Crippen LogP contribution in [-0.2, 0) is 9.84 Å². The molecule has 1 aliphatic rings. The summed E-state index contributed by atoms with van der Waals surface area (Å²) in [6.07, 6.45) is -0.654. The quantitative estimate of drug-likeness (QED) is 0.396. The highest BCUT2D eigenvalue weighted by atomic mass is 32.2. The third-order valence-electron chi connectivity index (χ3n) is 4.54. The summed E-state index contributed by atoms with van der Waals surface area (Å²) in [6, 6.07) is 7.43. The van der Waals surface area contributed by atoms with E-state index >= 15 is 0 Å². The second-order valence-electron chi connectivity index (χ2n) is 7.39. The molecule has 1 aromatic carbocycles. The molecule has 1 fully saturated rings. The van der Waals surface area contributed by atoms with E-state index in [9.17, 15) is 13.5 Å². The summed E-state index contributed by atoms with van der Waals surface area (Å²) in [6.45, 7) is 9.39. The minimum absolute atomic E-state index is 0.0741. The number of nitrogens with one attached hydrogen (secondary N) is 2. The van der Waals surface area contributed by atoms with Crippen molar-refractivity contribution in [1.82, 2.24) is 15.5 Å². The molecule has 29 heavy (non-hydrogen) atoms. The highest BCUT2D eigenvalue weighted by Crippen LogP contribution is 2.20. The number of aliphatic imine (C=N–C) groups is 1. The van der Waals surface area contributed by atoms with Crippen LogP contribution < -0.4 is 15.4 Å². The summed E-state index contributed by atoms with van der Waals surface area (Å²) < 4.78 is 28.7. The highest BCUT2D eigenvalue weighted by molar-refractivity contribution is 7.91. The van der Waals surface area contributed by atoms with Crippen LogP contribution in [-0.4, -0.2) is 81.3 Å². The monoisotopic (exact) mass is 426 g/mol. The lowest BCUT2D eigenvalue weighted by molar-refractivity contribution is 0.185. The molecule has 0 saturated carbocycles. The van der Waals surface area contributed by atoms with Gasteiger partial charge in [0.1, 0.15) is 5.75 Å². The third-order valence-corrected chi connectivity index (χ3v) is 6.15. The van der Waals surface area contributed by atoms with E-state index in [4.69, 9.17) is 4.74 Å². The van der Waals surface area contributed by atoms with Crippen LogP contribution in [0.3, 0.4) is 0 Å². The lowest BCUT2D eigenvalue weighted by atomic mass is 10.1. The van der Waals surface area contributed by atoms with Gasteiger partial charge in [0.15, 0.2) is 15.8 Å². The van der Waals surface area contributed by atoms with E-state index in [-0.39, 0.29) is 24.2 Å². The summed E-state index contributed by atoms with van der Waals surface area (Å²) in [5, 5.41) is 16.9. The number of sulfone groups is 1. The Morgan fingerprint density at radius 3 is 2.66 bits per heavy atom. The lowest BCUT2D eigenvalue weighted by Crippen LogP contribution is -2.46. The van der Waals surface area contributed by atoms with Crippen molar-refractivity contribution in [2.45, 2.75) is 33.0 Å². The van der Waals surface area contributed by atoms with Gasteiger partial charge in [0.2, 0.25) is 0 Å². The van der Waals surface area contributed by atoms with Crippen LogP contribution >= 0.6 is 0 Å². The van der Waals surface area contributed by atoms with E-state index < -0.39 is 15.9 Å². The molecule has 1 atom stereocenters. The Morgan fingerprint density at radius 2 is 2.00 bits per heavy atom.